The minimum Gasteiger partial charge on any atom is -0.488 e. The molecule has 0 bridgehead atoms. The van der Waals surface area contributed by atoms with Crippen LogP contribution in [0.15, 0.2) is 47.8 Å². The standard InChI is InChI=1S/C20H18Cl2N2O2S/c1-2-9-23-19(25)17-12-27-20(24-17)14-5-3-4-6-18(14)26-11-13-7-8-15(21)16(22)10-13/h3-8,10,12H,2,9,11H2,1H3,(H,23,25). The van der Waals surface area contributed by atoms with Crippen LogP contribution in [0.3, 0.4) is 0 Å². The number of amides is 1. The monoisotopic (exact) mass is 420 g/mol. The SMILES string of the molecule is CCCNC(=O)c1csc(-c2ccccc2OCc2ccc(Cl)c(Cl)c2)n1. The molecule has 2 aromatic carbocycles. The zero-order valence-electron chi connectivity index (χ0n) is 14.7. The first-order valence-electron chi connectivity index (χ1n) is 8.48. The highest BCUT2D eigenvalue weighted by Crippen LogP contribution is 2.33. The highest BCUT2D eigenvalue weighted by molar-refractivity contribution is 7.13. The predicted molar refractivity (Wildman–Crippen MR) is 111 cm³/mol. The Labute approximate surface area is 172 Å². The van der Waals surface area contributed by atoms with Crippen molar-refractivity contribution in [3.05, 3.63) is 69.1 Å². The molecular weight excluding hydrogens is 403 g/mol. The molecule has 140 valence electrons. The molecule has 1 N–H and O–H groups in total. The molecule has 0 aliphatic heterocycles. The van der Waals surface area contributed by atoms with Crippen molar-refractivity contribution in [2.24, 2.45) is 0 Å². The van der Waals surface area contributed by atoms with Crippen LogP contribution in [0.2, 0.25) is 10.0 Å². The number of nitrogens with one attached hydrogen (secondary N) is 1. The molecule has 1 amide bonds. The number of hydrogen-bond acceptors (Lipinski definition) is 4. The number of ether oxygens (including phenoxy) is 1. The van der Waals surface area contributed by atoms with Crippen molar-refractivity contribution in [1.82, 2.24) is 10.3 Å². The normalized spacial score (nSPS) is 10.6. The number of nitrogens with zero attached hydrogens (tertiary/aromatic N) is 1. The van der Waals surface area contributed by atoms with Gasteiger partial charge >= 0.3 is 0 Å². The highest BCUT2D eigenvalue weighted by Gasteiger charge is 2.14. The molecule has 3 rings (SSSR count). The van der Waals surface area contributed by atoms with Gasteiger partial charge in [-0.15, -0.1) is 11.3 Å². The summed E-state index contributed by atoms with van der Waals surface area (Å²) in [5.41, 5.74) is 2.18. The summed E-state index contributed by atoms with van der Waals surface area (Å²) in [4.78, 5) is 16.5. The number of benzene rings is 2. The molecule has 4 nitrogen and oxygen atoms in total. The van der Waals surface area contributed by atoms with E-state index < -0.39 is 0 Å². The Hall–Kier alpha value is -2.08. The van der Waals surface area contributed by atoms with Crippen molar-refractivity contribution in [2.45, 2.75) is 20.0 Å². The maximum Gasteiger partial charge on any atom is 0.270 e. The van der Waals surface area contributed by atoms with E-state index in [0.717, 1.165) is 22.6 Å². The van der Waals surface area contributed by atoms with Gasteiger partial charge in [0, 0.05) is 11.9 Å². The maximum absolute atomic E-state index is 12.1. The topological polar surface area (TPSA) is 51.2 Å². The summed E-state index contributed by atoms with van der Waals surface area (Å²) in [6.45, 7) is 2.99. The van der Waals surface area contributed by atoms with Gasteiger partial charge in [-0.25, -0.2) is 4.98 Å². The van der Waals surface area contributed by atoms with Crippen molar-refractivity contribution >= 4 is 40.4 Å². The first-order valence-corrected chi connectivity index (χ1v) is 10.1. The molecule has 0 fully saturated rings. The van der Waals surface area contributed by atoms with Crippen molar-refractivity contribution in [3.63, 3.8) is 0 Å². The Kier molecular flexibility index (Phi) is 6.72. The van der Waals surface area contributed by atoms with Gasteiger partial charge in [0.05, 0.1) is 15.6 Å². The Balaban J connectivity index is 1.77. The predicted octanol–water partition coefficient (Wildman–Crippen LogP) is 5.84. The summed E-state index contributed by atoms with van der Waals surface area (Å²) in [7, 11) is 0. The summed E-state index contributed by atoms with van der Waals surface area (Å²) >= 11 is 13.4. The second-order valence-corrected chi connectivity index (χ2v) is 7.50. The lowest BCUT2D eigenvalue weighted by atomic mass is 10.2. The smallest absolute Gasteiger partial charge is 0.270 e. The molecule has 0 spiro atoms. The van der Waals surface area contributed by atoms with Gasteiger partial charge in [-0.05, 0) is 36.2 Å². The van der Waals surface area contributed by atoms with Gasteiger partial charge in [0.25, 0.3) is 5.91 Å². The molecule has 3 aromatic rings. The van der Waals surface area contributed by atoms with E-state index in [-0.39, 0.29) is 5.91 Å². The van der Waals surface area contributed by atoms with E-state index in [1.165, 1.54) is 11.3 Å². The van der Waals surface area contributed by atoms with Crippen LogP contribution < -0.4 is 10.1 Å². The quantitative estimate of drug-likeness (QED) is 0.522. The van der Waals surface area contributed by atoms with E-state index in [1.807, 2.05) is 37.3 Å². The third kappa shape index (κ3) is 5.01. The summed E-state index contributed by atoms with van der Waals surface area (Å²) in [6, 6.07) is 13.0. The minimum atomic E-state index is -0.159. The Bertz CT molecular complexity index is 943. The van der Waals surface area contributed by atoms with Gasteiger partial charge in [-0.3, -0.25) is 4.79 Å². The maximum atomic E-state index is 12.1. The average Bonchev–Trinajstić information content (AvgIpc) is 3.17. The lowest BCUT2D eigenvalue weighted by Crippen LogP contribution is -2.24. The molecule has 0 atom stereocenters. The number of halogens is 2. The van der Waals surface area contributed by atoms with Crippen LogP contribution in [0, 0.1) is 0 Å². The molecule has 0 radical (unpaired) electrons. The fourth-order valence-corrected chi connectivity index (χ4v) is 3.54. The Morgan fingerprint density at radius 2 is 2.00 bits per heavy atom. The molecular formula is C20H18Cl2N2O2S. The van der Waals surface area contributed by atoms with E-state index in [2.05, 4.69) is 10.3 Å². The molecule has 7 heteroatoms. The Morgan fingerprint density at radius 3 is 2.78 bits per heavy atom. The zero-order valence-corrected chi connectivity index (χ0v) is 17.0. The third-order valence-electron chi connectivity index (χ3n) is 3.77. The summed E-state index contributed by atoms with van der Waals surface area (Å²) < 4.78 is 5.97. The average molecular weight is 421 g/mol. The Morgan fingerprint density at radius 1 is 1.19 bits per heavy atom. The fourth-order valence-electron chi connectivity index (χ4n) is 2.39. The van der Waals surface area contributed by atoms with Crippen LogP contribution in [-0.2, 0) is 6.61 Å². The van der Waals surface area contributed by atoms with Crippen molar-refractivity contribution in [1.29, 1.82) is 0 Å². The van der Waals surface area contributed by atoms with Crippen LogP contribution in [0.4, 0.5) is 0 Å². The first-order chi connectivity index (χ1) is 13.1. The van der Waals surface area contributed by atoms with Crippen molar-refractivity contribution in [2.75, 3.05) is 6.54 Å². The van der Waals surface area contributed by atoms with Crippen LogP contribution in [0.5, 0.6) is 5.75 Å². The number of aromatic nitrogens is 1. The molecule has 1 aromatic heterocycles. The van der Waals surface area contributed by atoms with Crippen LogP contribution in [0.25, 0.3) is 10.6 Å². The first kappa shape index (κ1) is 19.7. The van der Waals surface area contributed by atoms with Gasteiger partial charge in [-0.1, -0.05) is 48.3 Å². The summed E-state index contributed by atoms with van der Waals surface area (Å²) in [5, 5.41) is 6.34. The lowest BCUT2D eigenvalue weighted by molar-refractivity contribution is 0.0949. The van der Waals surface area contributed by atoms with E-state index in [9.17, 15) is 4.79 Å². The van der Waals surface area contributed by atoms with Gasteiger partial charge in [0.15, 0.2) is 0 Å². The number of hydrogen-bond donors (Lipinski definition) is 1. The number of thiazole rings is 1. The van der Waals surface area contributed by atoms with Gasteiger partial charge in [0.1, 0.15) is 23.1 Å². The van der Waals surface area contributed by atoms with Crippen LogP contribution in [-0.4, -0.2) is 17.4 Å². The molecule has 0 saturated heterocycles. The number of carbonyl (C=O) groups is 1. The fraction of sp³-hybridized carbons (Fsp3) is 0.200. The third-order valence-corrected chi connectivity index (χ3v) is 5.38. The van der Waals surface area contributed by atoms with Crippen LogP contribution >= 0.6 is 34.5 Å². The zero-order chi connectivity index (χ0) is 19.2. The van der Waals surface area contributed by atoms with Gasteiger partial charge in [0.2, 0.25) is 0 Å². The second kappa shape index (κ2) is 9.22. The molecule has 0 unspecified atom stereocenters. The highest BCUT2D eigenvalue weighted by atomic mass is 35.5. The largest absolute Gasteiger partial charge is 0.488 e. The van der Waals surface area contributed by atoms with Crippen LogP contribution in [0.1, 0.15) is 29.4 Å². The summed E-state index contributed by atoms with van der Waals surface area (Å²) in [6.07, 6.45) is 0.883. The van der Waals surface area contributed by atoms with Gasteiger partial charge < -0.3 is 10.1 Å². The van der Waals surface area contributed by atoms with E-state index in [0.29, 0.717) is 34.6 Å². The minimum absolute atomic E-state index is 0.159. The van der Waals surface area contributed by atoms with E-state index in [1.54, 1.807) is 17.5 Å². The molecule has 0 aliphatic carbocycles. The molecule has 0 aliphatic rings. The van der Waals surface area contributed by atoms with Crippen molar-refractivity contribution in [3.8, 4) is 16.3 Å². The molecule has 27 heavy (non-hydrogen) atoms. The number of carbonyl (C=O) groups excluding carboxylic acids is 1. The molecule has 1 heterocycles. The lowest BCUT2D eigenvalue weighted by Gasteiger charge is -2.10. The number of para-hydroxylation sites is 1. The summed E-state index contributed by atoms with van der Waals surface area (Å²) in [5.74, 6) is 0.534. The van der Waals surface area contributed by atoms with E-state index in [4.69, 9.17) is 27.9 Å². The number of rotatable bonds is 7. The van der Waals surface area contributed by atoms with E-state index >= 15 is 0 Å². The van der Waals surface area contributed by atoms with Crippen molar-refractivity contribution < 1.29 is 9.53 Å². The van der Waals surface area contributed by atoms with Gasteiger partial charge in [-0.2, -0.15) is 0 Å². The molecule has 0 saturated carbocycles. The second-order valence-electron chi connectivity index (χ2n) is 5.83.